The Morgan fingerprint density at radius 3 is 2.43 bits per heavy atom. The Labute approximate surface area is 139 Å². The van der Waals surface area contributed by atoms with Gasteiger partial charge < -0.3 is 14.4 Å². The van der Waals surface area contributed by atoms with Gasteiger partial charge in [0.2, 0.25) is 5.28 Å². The van der Waals surface area contributed by atoms with E-state index in [1.165, 1.54) is 6.92 Å². The predicted octanol–water partition coefficient (Wildman–Crippen LogP) is 2.24. The summed E-state index contributed by atoms with van der Waals surface area (Å²) in [5, 5.41) is -0.239. The van der Waals surface area contributed by atoms with Crippen molar-refractivity contribution in [2.24, 2.45) is 0 Å². The number of benzene rings is 1. The molecule has 1 rings (SSSR count). The summed E-state index contributed by atoms with van der Waals surface area (Å²) in [6.45, 7) is 1.33. The molecule has 2 atom stereocenters. The van der Waals surface area contributed by atoms with Crippen molar-refractivity contribution >= 4 is 32.6 Å². The molecule has 0 bridgehead atoms. The minimum absolute atomic E-state index is 0.0783. The first-order valence-electron chi connectivity index (χ1n) is 6.56. The number of alkyl carbamates (subject to hydrolysis) is 1. The van der Waals surface area contributed by atoms with E-state index in [9.17, 15) is 19.0 Å². The first-order chi connectivity index (χ1) is 10.8. The van der Waals surface area contributed by atoms with E-state index in [-0.39, 0.29) is 13.0 Å². The number of rotatable bonds is 7. The van der Waals surface area contributed by atoms with Gasteiger partial charge in [-0.15, -0.1) is 0 Å². The van der Waals surface area contributed by atoms with Gasteiger partial charge in [-0.2, -0.15) is 0 Å². The SMILES string of the molecule is CC[C@@](NC(=O)OCc1ccccc1)(C(=O)OC)P(=O)(O)OS. The topological polar surface area (TPSA) is 111 Å². The first kappa shape index (κ1) is 19.5. The van der Waals surface area contributed by atoms with E-state index in [0.29, 0.717) is 5.56 Å². The lowest BCUT2D eigenvalue weighted by atomic mass is 10.2. The van der Waals surface area contributed by atoms with E-state index in [1.807, 2.05) is 0 Å². The van der Waals surface area contributed by atoms with Crippen LogP contribution in [0.5, 0.6) is 0 Å². The smallest absolute Gasteiger partial charge is 0.408 e. The third-order valence-corrected chi connectivity index (χ3v) is 5.61. The molecule has 10 heteroatoms. The highest BCUT2D eigenvalue weighted by Crippen LogP contribution is 2.57. The third kappa shape index (κ3) is 4.48. The molecule has 1 unspecified atom stereocenters. The fraction of sp³-hybridized carbons (Fsp3) is 0.385. The molecule has 2 N–H and O–H groups in total. The van der Waals surface area contributed by atoms with Gasteiger partial charge >= 0.3 is 19.7 Å². The molecule has 128 valence electrons. The number of ether oxygens (including phenoxy) is 2. The highest BCUT2D eigenvalue weighted by molar-refractivity contribution is 7.81. The average Bonchev–Trinajstić information content (AvgIpc) is 2.57. The van der Waals surface area contributed by atoms with Crippen molar-refractivity contribution in [3.63, 3.8) is 0 Å². The maximum absolute atomic E-state index is 12.1. The number of nitrogens with one attached hydrogen (secondary N) is 1. The molecular formula is C13H18NO7PS. The minimum atomic E-state index is -4.66. The van der Waals surface area contributed by atoms with Gasteiger partial charge in [-0.3, -0.25) is 9.88 Å². The van der Waals surface area contributed by atoms with Gasteiger partial charge in [0.1, 0.15) is 6.61 Å². The zero-order valence-electron chi connectivity index (χ0n) is 12.6. The largest absolute Gasteiger partial charge is 0.467 e. The summed E-state index contributed by atoms with van der Waals surface area (Å²) in [5.74, 6) is -1.14. The van der Waals surface area contributed by atoms with Crippen LogP contribution in [0.25, 0.3) is 0 Å². The standard InChI is InChI=1S/C13H18NO7PS/c1-3-13(11(15)19-2,22(17,18)21-23)14-12(16)20-9-10-7-5-4-6-8-10/h4-8,23H,3,9H2,1-2H3,(H,14,16)(H,17,18)/t13-/m0/s1. The zero-order chi connectivity index (χ0) is 17.5. The Balaban J connectivity index is 2.90. The lowest BCUT2D eigenvalue weighted by molar-refractivity contribution is -0.145. The lowest BCUT2D eigenvalue weighted by Crippen LogP contribution is -2.54. The second-order valence-corrected chi connectivity index (χ2v) is 6.95. The van der Waals surface area contributed by atoms with Crippen molar-refractivity contribution in [3.05, 3.63) is 35.9 Å². The molecule has 0 spiro atoms. The van der Waals surface area contributed by atoms with Gasteiger partial charge in [-0.25, -0.2) is 13.6 Å². The zero-order valence-corrected chi connectivity index (χ0v) is 14.4. The molecule has 23 heavy (non-hydrogen) atoms. The monoisotopic (exact) mass is 363 g/mol. The summed E-state index contributed by atoms with van der Waals surface area (Å²) >= 11 is 3.30. The predicted molar refractivity (Wildman–Crippen MR) is 84.7 cm³/mol. The van der Waals surface area contributed by atoms with E-state index >= 15 is 0 Å². The first-order valence-corrected chi connectivity index (χ1v) is 8.50. The summed E-state index contributed by atoms with van der Waals surface area (Å²) < 4.78 is 25.8. The van der Waals surface area contributed by atoms with Crippen LogP contribution in [-0.2, 0) is 29.4 Å². The van der Waals surface area contributed by atoms with Crippen molar-refractivity contribution in [2.45, 2.75) is 25.2 Å². The number of esters is 1. The molecule has 0 fully saturated rings. The molecule has 0 aliphatic carbocycles. The van der Waals surface area contributed by atoms with Crippen LogP contribution in [0.1, 0.15) is 18.9 Å². The molecule has 0 radical (unpaired) electrons. The molecule has 0 aliphatic rings. The van der Waals surface area contributed by atoms with Gasteiger partial charge in [-0.05, 0) is 24.9 Å². The van der Waals surface area contributed by atoms with Gasteiger partial charge in [0.05, 0.1) is 7.11 Å². The molecule has 0 aromatic heterocycles. The van der Waals surface area contributed by atoms with E-state index < -0.39 is 24.9 Å². The second kappa shape index (κ2) is 8.35. The van der Waals surface area contributed by atoms with Gasteiger partial charge in [0.15, 0.2) is 0 Å². The fourth-order valence-electron chi connectivity index (χ4n) is 1.84. The normalized spacial score (nSPS) is 15.8. The number of hydrogen-bond donors (Lipinski definition) is 3. The lowest BCUT2D eigenvalue weighted by Gasteiger charge is -2.31. The average molecular weight is 363 g/mol. The molecule has 0 heterocycles. The molecule has 0 aliphatic heterocycles. The van der Waals surface area contributed by atoms with Crippen LogP contribution < -0.4 is 5.32 Å². The quantitative estimate of drug-likeness (QED) is 0.295. The summed E-state index contributed by atoms with van der Waals surface area (Å²) in [5.41, 5.74) is 0.709. The molecular weight excluding hydrogens is 345 g/mol. The van der Waals surface area contributed by atoms with Crippen molar-refractivity contribution in [1.82, 2.24) is 5.32 Å². The highest BCUT2D eigenvalue weighted by atomic mass is 32.1. The van der Waals surface area contributed by atoms with Crippen molar-refractivity contribution in [3.8, 4) is 0 Å². The van der Waals surface area contributed by atoms with Crippen LogP contribution in [0.15, 0.2) is 30.3 Å². The Kier molecular flexibility index (Phi) is 7.08. The number of thiol groups is 1. The molecule has 1 amide bonds. The van der Waals surface area contributed by atoms with Crippen molar-refractivity contribution in [2.75, 3.05) is 7.11 Å². The number of methoxy groups -OCH3 is 1. The minimum Gasteiger partial charge on any atom is -0.467 e. The Morgan fingerprint density at radius 1 is 1.35 bits per heavy atom. The molecule has 8 nitrogen and oxygen atoms in total. The van der Waals surface area contributed by atoms with E-state index in [0.717, 1.165) is 7.11 Å². The number of amides is 1. The van der Waals surface area contributed by atoms with Crippen molar-refractivity contribution in [1.29, 1.82) is 0 Å². The van der Waals surface area contributed by atoms with Crippen LogP contribution in [-0.4, -0.2) is 29.3 Å². The Bertz CT molecular complexity index is 597. The fourth-order valence-corrected chi connectivity index (χ4v) is 3.35. The van der Waals surface area contributed by atoms with E-state index in [1.54, 1.807) is 30.3 Å². The summed E-state index contributed by atoms with van der Waals surface area (Å²) in [6.07, 6.45) is -1.34. The summed E-state index contributed by atoms with van der Waals surface area (Å²) in [7, 11) is -3.64. The summed E-state index contributed by atoms with van der Waals surface area (Å²) in [4.78, 5) is 33.7. The van der Waals surface area contributed by atoms with Gasteiger partial charge in [-0.1, -0.05) is 37.3 Å². The number of hydrogen-bond acceptors (Lipinski definition) is 7. The van der Waals surface area contributed by atoms with Crippen LogP contribution in [0.2, 0.25) is 0 Å². The van der Waals surface area contributed by atoms with E-state index in [4.69, 9.17) is 4.74 Å². The van der Waals surface area contributed by atoms with E-state index in [2.05, 4.69) is 26.9 Å². The molecule has 1 aromatic rings. The van der Waals surface area contributed by atoms with Gasteiger partial charge in [0, 0.05) is 0 Å². The maximum atomic E-state index is 12.1. The summed E-state index contributed by atoms with van der Waals surface area (Å²) in [6, 6.07) is 8.79. The number of carbonyl (C=O) groups excluding carboxylic acids is 2. The van der Waals surface area contributed by atoms with Crippen LogP contribution >= 0.6 is 20.5 Å². The Hall–Kier alpha value is -1.54. The highest BCUT2D eigenvalue weighted by Gasteiger charge is 2.57. The third-order valence-electron chi connectivity index (χ3n) is 3.15. The molecule has 1 aromatic carbocycles. The van der Waals surface area contributed by atoms with Crippen LogP contribution in [0.4, 0.5) is 4.79 Å². The number of carbonyl (C=O) groups is 2. The second-order valence-electron chi connectivity index (χ2n) is 4.49. The molecule has 0 saturated carbocycles. The Morgan fingerprint density at radius 2 is 1.96 bits per heavy atom. The van der Waals surface area contributed by atoms with Crippen molar-refractivity contribution < 1.29 is 32.5 Å². The van der Waals surface area contributed by atoms with Crippen LogP contribution in [0, 0.1) is 0 Å². The van der Waals surface area contributed by atoms with Gasteiger partial charge in [0.25, 0.3) is 0 Å². The van der Waals surface area contributed by atoms with Crippen LogP contribution in [0.3, 0.4) is 0 Å². The maximum Gasteiger partial charge on any atom is 0.408 e. The molecule has 0 saturated heterocycles.